The Morgan fingerprint density at radius 3 is 1.73 bits per heavy atom. The fourth-order valence-corrected chi connectivity index (χ4v) is 5.58. The maximum absolute atomic E-state index is 12.7. The van der Waals surface area contributed by atoms with Crippen molar-refractivity contribution in [2.24, 2.45) is 0 Å². The number of carbonyl (C=O) groups excluding carboxylic acids is 3. The van der Waals surface area contributed by atoms with E-state index in [1.807, 2.05) is 0 Å². The van der Waals surface area contributed by atoms with Gasteiger partial charge in [0, 0.05) is 50.3 Å². The number of amides is 3. The second-order valence-corrected chi connectivity index (χ2v) is 12.0. The standard InChI is InChI=1S/C23H21ClF3N3O3.C10H7ClN2O3/c24-14-3-10-19-18(11-14)20(12-28-19)30-22(32)21(31)29-15-4-8-17(9-5-15)33-16-6-1-13(2-7-16)23(25,26)27;11-5-1-2-7-6(3-5)8(4-12-7)13-9(14)10(15)16/h1-3,6-7,10-12,15,17,28H,4-5,8-9H2,(H,29,31)(H,30,32);1-4,12H,(H,13,14)(H,15,16). The van der Waals surface area contributed by atoms with Crippen molar-refractivity contribution < 1.29 is 42.2 Å². The van der Waals surface area contributed by atoms with Crippen LogP contribution in [0.25, 0.3) is 21.8 Å². The molecule has 0 unspecified atom stereocenters. The molecule has 11 nitrogen and oxygen atoms in total. The quantitative estimate of drug-likeness (QED) is 0.106. The topological polar surface area (TPSA) is 165 Å². The van der Waals surface area contributed by atoms with Crippen LogP contribution in [-0.2, 0) is 25.4 Å². The van der Waals surface area contributed by atoms with Gasteiger partial charge in [-0.05, 0) is 86.3 Å². The van der Waals surface area contributed by atoms with Gasteiger partial charge >= 0.3 is 29.9 Å². The monoisotopic (exact) mass is 717 g/mol. The molecule has 1 aliphatic rings. The third-order valence-electron chi connectivity index (χ3n) is 7.68. The van der Waals surface area contributed by atoms with Crippen molar-refractivity contribution in [1.82, 2.24) is 15.3 Å². The summed E-state index contributed by atoms with van der Waals surface area (Å²) in [5.74, 6) is -3.76. The fourth-order valence-electron chi connectivity index (χ4n) is 5.24. The molecule has 2 heterocycles. The molecular weight excluding hydrogens is 690 g/mol. The first-order chi connectivity index (χ1) is 23.3. The average Bonchev–Trinajstić information content (AvgIpc) is 3.64. The first kappa shape index (κ1) is 35.1. The summed E-state index contributed by atoms with van der Waals surface area (Å²) in [7, 11) is 0. The number of ether oxygens (including phenoxy) is 1. The summed E-state index contributed by atoms with van der Waals surface area (Å²) >= 11 is 11.8. The lowest BCUT2D eigenvalue weighted by Crippen LogP contribution is -2.44. The van der Waals surface area contributed by atoms with E-state index in [2.05, 4.69) is 25.9 Å². The molecule has 0 bridgehead atoms. The highest BCUT2D eigenvalue weighted by atomic mass is 35.5. The number of carboxylic acid groups (broad SMARTS) is 1. The summed E-state index contributed by atoms with van der Waals surface area (Å²) in [6, 6.07) is 14.7. The van der Waals surface area contributed by atoms with Crippen LogP contribution in [0.5, 0.6) is 5.75 Å². The second kappa shape index (κ2) is 14.9. The number of aliphatic carboxylic acids is 1. The van der Waals surface area contributed by atoms with Crippen molar-refractivity contribution in [3.63, 3.8) is 0 Å². The largest absolute Gasteiger partial charge is 0.490 e. The highest BCUT2D eigenvalue weighted by Gasteiger charge is 2.30. The summed E-state index contributed by atoms with van der Waals surface area (Å²) < 4.78 is 43.8. The van der Waals surface area contributed by atoms with Gasteiger partial charge in [0.25, 0.3) is 0 Å². The molecule has 49 heavy (non-hydrogen) atoms. The van der Waals surface area contributed by atoms with Crippen molar-refractivity contribution in [3.8, 4) is 5.75 Å². The minimum atomic E-state index is -4.39. The van der Waals surface area contributed by atoms with Gasteiger partial charge in [0.1, 0.15) is 5.75 Å². The molecule has 2 aromatic heterocycles. The van der Waals surface area contributed by atoms with E-state index in [0.717, 1.165) is 23.2 Å². The molecule has 3 amide bonds. The lowest BCUT2D eigenvalue weighted by atomic mass is 9.93. The number of aromatic amines is 2. The van der Waals surface area contributed by atoms with Crippen molar-refractivity contribution in [2.45, 2.75) is 44.0 Å². The van der Waals surface area contributed by atoms with Crippen molar-refractivity contribution in [1.29, 1.82) is 0 Å². The van der Waals surface area contributed by atoms with Gasteiger partial charge in [-0.15, -0.1) is 0 Å². The summed E-state index contributed by atoms with van der Waals surface area (Å²) in [6.45, 7) is 0. The van der Waals surface area contributed by atoms with Gasteiger partial charge in [0.2, 0.25) is 0 Å². The molecule has 5 aromatic rings. The number of aromatic nitrogens is 2. The van der Waals surface area contributed by atoms with Crippen LogP contribution >= 0.6 is 23.2 Å². The van der Waals surface area contributed by atoms with Gasteiger partial charge in [-0.3, -0.25) is 14.4 Å². The minimum Gasteiger partial charge on any atom is -0.490 e. The summed E-state index contributed by atoms with van der Waals surface area (Å²) in [4.78, 5) is 51.9. The maximum Gasteiger partial charge on any atom is 0.416 e. The Balaban J connectivity index is 0.000000244. The number of nitrogens with one attached hydrogen (secondary N) is 5. The Morgan fingerprint density at radius 2 is 1.24 bits per heavy atom. The Morgan fingerprint density at radius 1 is 0.735 bits per heavy atom. The predicted molar refractivity (Wildman–Crippen MR) is 178 cm³/mol. The number of rotatable bonds is 5. The molecule has 6 rings (SSSR count). The number of carboxylic acids is 1. The number of H-pyrrole nitrogens is 2. The number of anilines is 2. The van der Waals surface area contributed by atoms with Gasteiger partial charge in [-0.2, -0.15) is 13.2 Å². The predicted octanol–water partition coefficient (Wildman–Crippen LogP) is 7.13. The van der Waals surface area contributed by atoms with Crippen LogP contribution in [0.3, 0.4) is 0 Å². The van der Waals surface area contributed by atoms with Crippen LogP contribution < -0.4 is 20.7 Å². The molecule has 0 aliphatic heterocycles. The van der Waals surface area contributed by atoms with Gasteiger partial charge in [0.05, 0.1) is 23.0 Å². The summed E-state index contributed by atoms with van der Waals surface area (Å²) in [5.41, 5.74) is 1.67. The van der Waals surface area contributed by atoms with Crippen LogP contribution in [0.4, 0.5) is 24.5 Å². The second-order valence-electron chi connectivity index (χ2n) is 11.1. The van der Waals surface area contributed by atoms with Gasteiger partial charge in [0.15, 0.2) is 0 Å². The molecule has 1 aliphatic carbocycles. The molecule has 0 saturated heterocycles. The van der Waals surface area contributed by atoms with Crippen LogP contribution in [0.1, 0.15) is 31.2 Å². The smallest absolute Gasteiger partial charge is 0.416 e. The number of halogens is 5. The number of carbonyl (C=O) groups is 4. The lowest BCUT2D eigenvalue weighted by Gasteiger charge is -2.29. The van der Waals surface area contributed by atoms with Crippen molar-refractivity contribution in [3.05, 3.63) is 88.7 Å². The zero-order chi connectivity index (χ0) is 35.3. The van der Waals surface area contributed by atoms with Gasteiger partial charge in [-0.1, -0.05) is 23.2 Å². The first-order valence-corrected chi connectivity index (χ1v) is 15.6. The van der Waals surface area contributed by atoms with E-state index in [1.165, 1.54) is 18.3 Å². The molecule has 6 N–H and O–H groups in total. The zero-order valence-electron chi connectivity index (χ0n) is 25.3. The summed E-state index contributed by atoms with van der Waals surface area (Å²) in [6.07, 6.45) is 0.947. The molecule has 16 heteroatoms. The SMILES string of the molecule is O=C(Nc1c[nH]c2ccc(Cl)cc12)C(=O)NC1CCC(Oc2ccc(C(F)(F)F)cc2)CC1.O=C(O)C(=O)Nc1c[nH]c2ccc(Cl)cc12. The number of benzene rings is 3. The maximum atomic E-state index is 12.7. The molecule has 0 atom stereocenters. The fraction of sp³-hybridized carbons (Fsp3) is 0.212. The van der Waals surface area contributed by atoms with E-state index < -0.39 is 35.4 Å². The van der Waals surface area contributed by atoms with Crippen LogP contribution in [0.15, 0.2) is 73.1 Å². The number of hydrogen-bond acceptors (Lipinski definition) is 5. The third-order valence-corrected chi connectivity index (χ3v) is 8.15. The Hall–Kier alpha value is -5.21. The van der Waals surface area contributed by atoms with Crippen LogP contribution in [0, 0.1) is 0 Å². The van der Waals surface area contributed by atoms with Crippen molar-refractivity contribution >= 4 is 80.1 Å². The molecule has 0 radical (unpaired) electrons. The number of fused-ring (bicyclic) bond motifs is 2. The van der Waals surface area contributed by atoms with E-state index in [4.69, 9.17) is 33.0 Å². The van der Waals surface area contributed by atoms with E-state index >= 15 is 0 Å². The minimum absolute atomic E-state index is 0.167. The van der Waals surface area contributed by atoms with Gasteiger partial charge < -0.3 is 35.8 Å². The third kappa shape index (κ3) is 9.03. The Kier molecular flexibility index (Phi) is 10.7. The van der Waals surface area contributed by atoms with E-state index in [-0.39, 0.29) is 12.1 Å². The molecule has 3 aromatic carbocycles. The molecular formula is C33H28Cl2F3N5O6. The first-order valence-electron chi connectivity index (χ1n) is 14.8. The lowest BCUT2D eigenvalue weighted by molar-refractivity contribution is -0.147. The highest BCUT2D eigenvalue weighted by molar-refractivity contribution is 6.40. The average molecular weight is 719 g/mol. The van der Waals surface area contributed by atoms with Crippen molar-refractivity contribution in [2.75, 3.05) is 10.6 Å². The molecule has 256 valence electrons. The molecule has 0 spiro atoms. The highest BCUT2D eigenvalue weighted by Crippen LogP contribution is 2.32. The van der Waals surface area contributed by atoms with E-state index in [9.17, 15) is 32.3 Å². The Labute approximate surface area is 286 Å². The molecule has 1 fully saturated rings. The van der Waals surface area contributed by atoms with Crippen LogP contribution in [-0.4, -0.2) is 50.9 Å². The number of hydrogen-bond donors (Lipinski definition) is 6. The van der Waals surface area contributed by atoms with E-state index in [1.54, 1.807) is 42.6 Å². The van der Waals surface area contributed by atoms with Crippen LogP contribution in [0.2, 0.25) is 10.0 Å². The number of alkyl halides is 3. The zero-order valence-corrected chi connectivity index (χ0v) is 26.8. The normalized spacial score (nSPS) is 15.9. The Bertz CT molecular complexity index is 2000. The van der Waals surface area contributed by atoms with Gasteiger partial charge in [-0.25, -0.2) is 4.79 Å². The molecule has 1 saturated carbocycles. The summed E-state index contributed by atoms with van der Waals surface area (Å²) in [5, 5.41) is 18.4. The van der Waals surface area contributed by atoms with E-state index in [0.29, 0.717) is 63.6 Å².